The number of nitrogens with zero attached hydrogens (tertiary/aromatic N) is 1. The number of sulfonamides is 1. The van der Waals surface area contributed by atoms with Crippen molar-refractivity contribution < 1.29 is 17.7 Å². The number of rotatable bonds is 6. The number of anilines is 2. The Morgan fingerprint density at radius 2 is 1.84 bits per heavy atom. The van der Waals surface area contributed by atoms with E-state index in [9.17, 15) is 17.7 Å². The lowest BCUT2D eigenvalue weighted by Gasteiger charge is -2.30. The van der Waals surface area contributed by atoms with E-state index in [1.54, 1.807) is 32.2 Å². The molecule has 0 aliphatic rings. The average molecular weight is 444 g/mol. The molecule has 1 unspecified atom stereocenters. The molecule has 0 aliphatic heterocycles. The molecule has 0 fully saturated rings. The van der Waals surface area contributed by atoms with Gasteiger partial charge in [0.1, 0.15) is 10.0 Å². The second kappa shape index (κ2) is 7.41. The minimum Gasteiger partial charge on any atom is -0.504 e. The molecule has 0 amide bonds. The third-order valence-electron chi connectivity index (χ3n) is 3.30. The molecule has 25 heavy (non-hydrogen) atoms. The van der Waals surface area contributed by atoms with Gasteiger partial charge in [0.2, 0.25) is 11.2 Å². The Labute approximate surface area is 162 Å². The van der Waals surface area contributed by atoms with E-state index in [1.807, 2.05) is 0 Å². The Morgan fingerprint density at radius 1 is 1.24 bits per heavy atom. The zero-order valence-electron chi connectivity index (χ0n) is 13.9. The molecule has 0 bridgehead atoms. The van der Waals surface area contributed by atoms with Gasteiger partial charge in [-0.05, 0) is 32.2 Å². The topological polar surface area (TPSA) is 98.7 Å². The molecule has 0 aliphatic carbocycles. The van der Waals surface area contributed by atoms with E-state index >= 15 is 0 Å². The van der Waals surface area contributed by atoms with Gasteiger partial charge in [-0.3, -0.25) is 9.44 Å². The first-order valence-electron chi connectivity index (χ1n) is 6.92. The second-order valence-corrected chi connectivity index (χ2v) is 11.5. The monoisotopic (exact) mass is 443 g/mol. The Balaban J connectivity index is 2.21. The second-order valence-electron chi connectivity index (χ2n) is 6.01. The van der Waals surface area contributed by atoms with Crippen molar-refractivity contribution in [3.63, 3.8) is 0 Å². The number of hydrogen-bond donors (Lipinski definition) is 3. The highest BCUT2D eigenvalue weighted by Crippen LogP contribution is 2.40. The first kappa shape index (κ1) is 20.5. The maximum Gasteiger partial charge on any atom is 0.256 e. The van der Waals surface area contributed by atoms with Crippen LogP contribution in [-0.4, -0.2) is 34.6 Å². The van der Waals surface area contributed by atoms with Crippen LogP contribution in [0.4, 0.5) is 11.4 Å². The zero-order chi connectivity index (χ0) is 19.0. The lowest BCUT2D eigenvalue weighted by molar-refractivity contribution is 0.291. The lowest BCUT2D eigenvalue weighted by Crippen LogP contribution is -2.42. The van der Waals surface area contributed by atoms with Crippen molar-refractivity contribution in [3.05, 3.63) is 21.2 Å². The molecule has 7 nitrogen and oxygen atoms in total. The van der Waals surface area contributed by atoms with Gasteiger partial charge < -0.3 is 5.11 Å². The summed E-state index contributed by atoms with van der Waals surface area (Å²) in [6.07, 6.45) is 0. The predicted molar refractivity (Wildman–Crippen MR) is 105 cm³/mol. The molecule has 2 heterocycles. The van der Waals surface area contributed by atoms with E-state index in [1.165, 1.54) is 28.1 Å². The van der Waals surface area contributed by atoms with Crippen molar-refractivity contribution in [1.29, 1.82) is 0 Å². The van der Waals surface area contributed by atoms with E-state index in [2.05, 4.69) is 9.44 Å². The van der Waals surface area contributed by atoms with E-state index in [0.717, 1.165) is 11.3 Å². The van der Waals surface area contributed by atoms with Gasteiger partial charge in [-0.15, -0.1) is 22.7 Å². The summed E-state index contributed by atoms with van der Waals surface area (Å²) in [5, 5.41) is 13.4. The largest absolute Gasteiger partial charge is 0.504 e. The molecule has 0 saturated carbocycles. The van der Waals surface area contributed by atoms with Crippen molar-refractivity contribution in [2.75, 3.05) is 16.5 Å². The van der Waals surface area contributed by atoms with Crippen LogP contribution in [0.1, 0.15) is 20.8 Å². The summed E-state index contributed by atoms with van der Waals surface area (Å²) in [5.74, 6) is -0.465. The summed E-state index contributed by atoms with van der Waals surface area (Å²) in [6.45, 7) is 5.24. The van der Waals surface area contributed by atoms with Gasteiger partial charge in [-0.25, -0.2) is 12.6 Å². The van der Waals surface area contributed by atoms with Gasteiger partial charge in [0.25, 0.3) is 10.0 Å². The first-order chi connectivity index (χ1) is 11.4. The molecule has 2 aromatic rings. The van der Waals surface area contributed by atoms with Crippen molar-refractivity contribution in [3.8, 4) is 5.75 Å². The summed E-state index contributed by atoms with van der Waals surface area (Å²) in [5.41, 5.74) is -0.112. The fourth-order valence-corrected chi connectivity index (χ4v) is 6.38. The van der Waals surface area contributed by atoms with Crippen LogP contribution in [0.15, 0.2) is 21.0 Å². The van der Waals surface area contributed by atoms with Gasteiger partial charge in [-0.1, -0.05) is 11.6 Å². The van der Waals surface area contributed by atoms with E-state index in [-0.39, 0.29) is 9.90 Å². The molecule has 2 rings (SSSR count). The van der Waals surface area contributed by atoms with Crippen LogP contribution in [-0.2, 0) is 21.2 Å². The normalized spacial score (nSPS) is 13.8. The third-order valence-corrected chi connectivity index (χ3v) is 8.89. The van der Waals surface area contributed by atoms with Gasteiger partial charge in [0, 0.05) is 18.0 Å². The van der Waals surface area contributed by atoms with Crippen LogP contribution in [0.5, 0.6) is 5.75 Å². The first-order valence-corrected chi connectivity index (χ1v) is 11.6. The van der Waals surface area contributed by atoms with Crippen LogP contribution >= 0.6 is 34.3 Å². The highest BCUT2D eigenvalue weighted by molar-refractivity contribution is 7.91. The van der Waals surface area contributed by atoms with Crippen molar-refractivity contribution >= 4 is 66.8 Å². The predicted octanol–water partition coefficient (Wildman–Crippen LogP) is 3.69. The standard InChI is InChI=1S/C13H18ClN3O4S4/c1-13(2,3)17(4)25(20,21)12-10(18)9(7-23-12)16-24(19)15-8-5-6-22-11(8)14/h5-7,15-16,18H,1-4H3. The van der Waals surface area contributed by atoms with Crippen LogP contribution in [0.3, 0.4) is 0 Å². The summed E-state index contributed by atoms with van der Waals surface area (Å²) in [7, 11) is -2.43. The van der Waals surface area contributed by atoms with E-state index in [4.69, 9.17) is 11.6 Å². The van der Waals surface area contributed by atoms with Crippen molar-refractivity contribution in [2.24, 2.45) is 0 Å². The molecule has 1 atom stereocenters. The highest BCUT2D eigenvalue weighted by atomic mass is 35.5. The lowest BCUT2D eigenvalue weighted by atomic mass is 10.1. The molecule has 12 heteroatoms. The molecule has 0 radical (unpaired) electrons. The molecule has 140 valence electrons. The number of nitrogens with one attached hydrogen (secondary N) is 2. The van der Waals surface area contributed by atoms with Gasteiger partial charge >= 0.3 is 0 Å². The number of thiophene rings is 2. The molecule has 0 saturated heterocycles. The number of halogens is 1. The third kappa shape index (κ3) is 4.47. The minimum absolute atomic E-state index is 0.0584. The van der Waals surface area contributed by atoms with Gasteiger partial charge in [-0.2, -0.15) is 4.31 Å². The van der Waals surface area contributed by atoms with Crippen LogP contribution in [0.2, 0.25) is 4.34 Å². The molecule has 0 aromatic carbocycles. The van der Waals surface area contributed by atoms with Crippen LogP contribution in [0.25, 0.3) is 0 Å². The number of aromatic hydroxyl groups is 1. The smallest absolute Gasteiger partial charge is 0.256 e. The summed E-state index contributed by atoms with van der Waals surface area (Å²) in [4.78, 5) is 0. The Hall–Kier alpha value is -0.850. The van der Waals surface area contributed by atoms with Gasteiger partial charge in [0.15, 0.2) is 9.96 Å². The van der Waals surface area contributed by atoms with E-state index < -0.39 is 32.5 Å². The average Bonchev–Trinajstić information content (AvgIpc) is 3.05. The zero-order valence-corrected chi connectivity index (χ0v) is 17.9. The maximum absolute atomic E-state index is 12.6. The van der Waals surface area contributed by atoms with Crippen molar-refractivity contribution in [1.82, 2.24) is 4.31 Å². The summed E-state index contributed by atoms with van der Waals surface area (Å²) < 4.78 is 44.0. The SMILES string of the molecule is CN(C(C)(C)C)S(=O)(=O)c1scc(NS(=O)Nc2ccsc2Cl)c1O. The highest BCUT2D eigenvalue weighted by Gasteiger charge is 2.34. The molecular formula is C13H18ClN3O4S4. The molecular weight excluding hydrogens is 426 g/mol. The fourth-order valence-electron chi connectivity index (χ4n) is 1.66. The Morgan fingerprint density at radius 3 is 2.36 bits per heavy atom. The van der Waals surface area contributed by atoms with E-state index in [0.29, 0.717) is 10.0 Å². The maximum atomic E-state index is 12.6. The van der Waals surface area contributed by atoms with Gasteiger partial charge in [0.05, 0.1) is 5.69 Å². The molecule has 0 spiro atoms. The summed E-state index contributed by atoms with van der Waals surface area (Å²) >= 11 is 6.25. The minimum atomic E-state index is -3.88. The van der Waals surface area contributed by atoms with Crippen molar-refractivity contribution in [2.45, 2.75) is 30.5 Å². The quantitative estimate of drug-likeness (QED) is 0.633. The Kier molecular flexibility index (Phi) is 6.07. The molecule has 2 aromatic heterocycles. The Bertz CT molecular complexity index is 885. The number of hydrogen-bond acceptors (Lipinski definition) is 6. The van der Waals surface area contributed by atoms with Crippen LogP contribution < -0.4 is 9.44 Å². The van der Waals surface area contributed by atoms with Crippen LogP contribution in [0, 0.1) is 0 Å². The fraction of sp³-hybridized carbons (Fsp3) is 0.385. The summed E-state index contributed by atoms with van der Waals surface area (Å²) in [6, 6.07) is 1.66. The molecule has 3 N–H and O–H groups in total.